The molecule has 0 radical (unpaired) electrons. The van der Waals surface area contributed by atoms with Crippen molar-refractivity contribution in [2.24, 2.45) is 0 Å². The molecule has 1 rings (SSSR count). The zero-order chi connectivity index (χ0) is 12.2. The number of hydrogen-bond donors (Lipinski definition) is 2. The molecule has 0 aromatic heterocycles. The summed E-state index contributed by atoms with van der Waals surface area (Å²) in [5.41, 5.74) is -0.623. The van der Waals surface area contributed by atoms with Crippen molar-refractivity contribution in [3.63, 3.8) is 0 Å². The number of hydrogen-bond acceptors (Lipinski definition) is 3. The first-order chi connectivity index (χ1) is 7.41. The average Bonchev–Trinajstić information content (AvgIpc) is 2.67. The maximum absolute atomic E-state index is 10.3. The largest absolute Gasteiger partial charge is 0.388 e. The van der Waals surface area contributed by atoms with Gasteiger partial charge in [0.25, 0.3) is 0 Å². The fourth-order valence-electron chi connectivity index (χ4n) is 2.49. The summed E-state index contributed by atoms with van der Waals surface area (Å²) in [6.45, 7) is 7.57. The van der Waals surface area contributed by atoms with Crippen molar-refractivity contribution < 1.29 is 5.11 Å². The van der Waals surface area contributed by atoms with E-state index in [1.54, 1.807) is 0 Å². The van der Waals surface area contributed by atoms with Crippen LogP contribution in [0.3, 0.4) is 0 Å². The van der Waals surface area contributed by atoms with Gasteiger partial charge >= 0.3 is 0 Å². The lowest BCUT2D eigenvalue weighted by Gasteiger charge is -2.33. The molecule has 3 heteroatoms. The second kappa shape index (κ2) is 5.99. The number of aliphatic hydroxyl groups is 1. The van der Waals surface area contributed by atoms with E-state index in [4.69, 9.17) is 0 Å². The average molecular weight is 228 g/mol. The molecule has 0 aliphatic heterocycles. The highest BCUT2D eigenvalue weighted by Crippen LogP contribution is 2.23. The number of nitrogens with zero attached hydrogens (tertiary/aromatic N) is 1. The van der Waals surface area contributed by atoms with Gasteiger partial charge in [-0.2, -0.15) is 0 Å². The highest BCUT2D eigenvalue weighted by atomic mass is 16.3. The minimum atomic E-state index is -0.623. The SMILES string of the molecule is CC(C)NCC(C)(O)CN(C)C1CCCC1. The van der Waals surface area contributed by atoms with Crippen LogP contribution in [0.2, 0.25) is 0 Å². The van der Waals surface area contributed by atoms with Crippen LogP contribution < -0.4 is 5.32 Å². The molecule has 0 aromatic carbocycles. The first-order valence-electron chi connectivity index (χ1n) is 6.57. The molecule has 0 bridgehead atoms. The first kappa shape index (κ1) is 13.9. The summed E-state index contributed by atoms with van der Waals surface area (Å²) in [4.78, 5) is 2.33. The van der Waals surface area contributed by atoms with E-state index in [-0.39, 0.29) is 0 Å². The molecule has 3 nitrogen and oxygen atoms in total. The molecule has 96 valence electrons. The van der Waals surface area contributed by atoms with Crippen molar-refractivity contribution >= 4 is 0 Å². The Morgan fingerprint density at radius 2 is 1.94 bits per heavy atom. The summed E-state index contributed by atoms with van der Waals surface area (Å²) in [5, 5.41) is 13.6. The third kappa shape index (κ3) is 4.81. The van der Waals surface area contributed by atoms with E-state index in [0.717, 1.165) is 6.54 Å². The minimum Gasteiger partial charge on any atom is -0.388 e. The predicted octanol–water partition coefficient (Wildman–Crippen LogP) is 1.61. The van der Waals surface area contributed by atoms with Gasteiger partial charge in [0.1, 0.15) is 0 Å². The van der Waals surface area contributed by atoms with Crippen LogP contribution in [-0.4, -0.2) is 47.8 Å². The zero-order valence-electron chi connectivity index (χ0n) is 11.3. The van der Waals surface area contributed by atoms with Gasteiger partial charge in [-0.1, -0.05) is 26.7 Å². The third-order valence-corrected chi connectivity index (χ3v) is 3.43. The number of nitrogens with one attached hydrogen (secondary N) is 1. The summed E-state index contributed by atoms with van der Waals surface area (Å²) in [5.74, 6) is 0. The molecule has 0 aromatic rings. The van der Waals surface area contributed by atoms with Crippen molar-refractivity contribution in [2.45, 2.75) is 64.1 Å². The van der Waals surface area contributed by atoms with Gasteiger partial charge in [0.05, 0.1) is 5.60 Å². The lowest BCUT2D eigenvalue weighted by atomic mass is 10.0. The van der Waals surface area contributed by atoms with E-state index < -0.39 is 5.60 Å². The predicted molar refractivity (Wildman–Crippen MR) is 68.6 cm³/mol. The van der Waals surface area contributed by atoms with Crippen LogP contribution in [0.25, 0.3) is 0 Å². The lowest BCUT2D eigenvalue weighted by Crippen LogP contribution is -2.49. The molecule has 0 saturated heterocycles. The fourth-order valence-corrected chi connectivity index (χ4v) is 2.49. The van der Waals surface area contributed by atoms with Crippen LogP contribution in [0.15, 0.2) is 0 Å². The molecule has 1 aliphatic rings. The van der Waals surface area contributed by atoms with Crippen molar-refractivity contribution in [2.75, 3.05) is 20.1 Å². The van der Waals surface area contributed by atoms with Gasteiger partial charge in [0.2, 0.25) is 0 Å². The normalized spacial score (nSPS) is 21.9. The molecule has 16 heavy (non-hydrogen) atoms. The molecular formula is C13H28N2O. The van der Waals surface area contributed by atoms with Crippen molar-refractivity contribution in [3.8, 4) is 0 Å². The highest BCUT2D eigenvalue weighted by molar-refractivity contribution is 4.84. The summed E-state index contributed by atoms with van der Waals surface area (Å²) in [7, 11) is 2.14. The van der Waals surface area contributed by atoms with Crippen molar-refractivity contribution in [3.05, 3.63) is 0 Å². The molecule has 0 amide bonds. The Morgan fingerprint density at radius 1 is 1.38 bits per heavy atom. The molecule has 0 heterocycles. The number of likely N-dealkylation sites (N-methyl/N-ethyl adjacent to an activating group) is 1. The van der Waals surface area contributed by atoms with Crippen molar-refractivity contribution in [1.82, 2.24) is 10.2 Å². The molecule has 1 unspecified atom stereocenters. The van der Waals surface area contributed by atoms with Crippen molar-refractivity contribution in [1.29, 1.82) is 0 Å². The Labute approximate surface area is 100 Å². The smallest absolute Gasteiger partial charge is 0.0869 e. The zero-order valence-corrected chi connectivity index (χ0v) is 11.3. The maximum atomic E-state index is 10.3. The Balaban J connectivity index is 2.32. The summed E-state index contributed by atoms with van der Waals surface area (Å²) >= 11 is 0. The van der Waals surface area contributed by atoms with Gasteiger partial charge in [-0.25, -0.2) is 0 Å². The molecule has 1 atom stereocenters. The minimum absolute atomic E-state index is 0.434. The summed E-state index contributed by atoms with van der Waals surface area (Å²) in [6.07, 6.45) is 5.29. The monoisotopic (exact) mass is 228 g/mol. The van der Waals surface area contributed by atoms with Crippen LogP contribution in [-0.2, 0) is 0 Å². The van der Waals surface area contributed by atoms with Crippen LogP contribution in [0, 0.1) is 0 Å². The van der Waals surface area contributed by atoms with Gasteiger partial charge in [0.15, 0.2) is 0 Å². The number of rotatable bonds is 6. The van der Waals surface area contributed by atoms with Crippen LogP contribution in [0.1, 0.15) is 46.5 Å². The molecule has 1 saturated carbocycles. The van der Waals surface area contributed by atoms with E-state index in [0.29, 0.717) is 18.6 Å². The molecule has 1 aliphatic carbocycles. The molecule has 0 spiro atoms. The maximum Gasteiger partial charge on any atom is 0.0869 e. The molecule has 2 N–H and O–H groups in total. The first-order valence-corrected chi connectivity index (χ1v) is 6.57. The lowest BCUT2D eigenvalue weighted by molar-refractivity contribution is 0.0151. The van der Waals surface area contributed by atoms with Gasteiger partial charge in [-0.3, -0.25) is 0 Å². The highest BCUT2D eigenvalue weighted by Gasteiger charge is 2.27. The van der Waals surface area contributed by atoms with Crippen LogP contribution in [0.4, 0.5) is 0 Å². The topological polar surface area (TPSA) is 35.5 Å². The van der Waals surface area contributed by atoms with Crippen LogP contribution >= 0.6 is 0 Å². The van der Waals surface area contributed by atoms with E-state index in [9.17, 15) is 5.11 Å². The van der Waals surface area contributed by atoms with Gasteiger partial charge in [-0.05, 0) is 26.8 Å². The van der Waals surface area contributed by atoms with Gasteiger partial charge < -0.3 is 15.3 Å². The Morgan fingerprint density at radius 3 is 2.44 bits per heavy atom. The quantitative estimate of drug-likeness (QED) is 0.725. The van der Waals surface area contributed by atoms with E-state index >= 15 is 0 Å². The van der Waals surface area contributed by atoms with Gasteiger partial charge in [0, 0.05) is 25.2 Å². The van der Waals surface area contributed by atoms with E-state index in [1.807, 2.05) is 6.92 Å². The van der Waals surface area contributed by atoms with Gasteiger partial charge in [-0.15, -0.1) is 0 Å². The van der Waals surface area contributed by atoms with E-state index in [1.165, 1.54) is 25.7 Å². The van der Waals surface area contributed by atoms with E-state index in [2.05, 4.69) is 31.1 Å². The van der Waals surface area contributed by atoms with Crippen LogP contribution in [0.5, 0.6) is 0 Å². The summed E-state index contributed by atoms with van der Waals surface area (Å²) < 4.78 is 0. The Bertz CT molecular complexity index is 198. The fraction of sp³-hybridized carbons (Fsp3) is 1.00. The Kier molecular flexibility index (Phi) is 5.22. The standard InChI is InChI=1S/C13H28N2O/c1-11(2)14-9-13(3,16)10-15(4)12-7-5-6-8-12/h11-12,14,16H,5-10H2,1-4H3. The second-order valence-corrected chi connectivity index (χ2v) is 5.89. The Hall–Kier alpha value is -0.120. The molecular weight excluding hydrogens is 200 g/mol. The summed E-state index contributed by atoms with van der Waals surface area (Å²) in [6, 6.07) is 1.12. The molecule has 1 fully saturated rings. The second-order valence-electron chi connectivity index (χ2n) is 5.89. The third-order valence-electron chi connectivity index (χ3n) is 3.43.